The fourth-order valence-corrected chi connectivity index (χ4v) is 1.21. The maximum absolute atomic E-state index is 10.4. The summed E-state index contributed by atoms with van der Waals surface area (Å²) >= 11 is 0. The number of carbonyl (C=O) groups is 1. The third-order valence-electron chi connectivity index (χ3n) is 2.07. The first-order valence-electron chi connectivity index (χ1n) is 4.88. The Hall–Kier alpha value is -1.39. The molecule has 0 spiro atoms. The molecule has 4 nitrogen and oxygen atoms in total. The quantitative estimate of drug-likeness (QED) is 0.537. The number of hydroxylamine groups is 1. The molecule has 0 bridgehead atoms. The molecule has 0 aliphatic rings. The van der Waals surface area contributed by atoms with Crippen LogP contribution in [0.25, 0.3) is 0 Å². The molecule has 0 saturated carbocycles. The number of benzene rings is 1. The molecule has 1 aromatic carbocycles. The Morgan fingerprint density at radius 3 is 2.73 bits per heavy atom. The van der Waals surface area contributed by atoms with Gasteiger partial charge in [0.2, 0.25) is 5.91 Å². The Bertz CT molecular complexity index is 301. The topological polar surface area (TPSA) is 64.3 Å². The summed E-state index contributed by atoms with van der Waals surface area (Å²) < 4.78 is 0. The molecule has 1 rings (SSSR count). The highest BCUT2D eigenvalue weighted by atomic mass is 16.6. The van der Waals surface area contributed by atoms with Gasteiger partial charge >= 0.3 is 0 Å². The maximum atomic E-state index is 10.4. The number of rotatable bonds is 6. The summed E-state index contributed by atoms with van der Waals surface area (Å²) in [6.07, 6.45) is 0. The van der Waals surface area contributed by atoms with Crippen molar-refractivity contribution < 1.29 is 9.63 Å². The van der Waals surface area contributed by atoms with Crippen molar-refractivity contribution in [2.75, 3.05) is 13.2 Å². The van der Waals surface area contributed by atoms with Gasteiger partial charge in [0.15, 0.2) is 0 Å². The predicted octanol–water partition coefficient (Wildman–Crippen LogP) is 0.797. The van der Waals surface area contributed by atoms with Gasteiger partial charge in [0.25, 0.3) is 0 Å². The first-order chi connectivity index (χ1) is 7.20. The lowest BCUT2D eigenvalue weighted by Crippen LogP contribution is -2.27. The van der Waals surface area contributed by atoms with Crippen molar-refractivity contribution >= 4 is 5.91 Å². The van der Waals surface area contributed by atoms with Crippen LogP contribution in [0.1, 0.15) is 18.4 Å². The van der Waals surface area contributed by atoms with E-state index in [1.54, 1.807) is 0 Å². The summed E-state index contributed by atoms with van der Waals surface area (Å²) in [5.74, 6) is -0.144. The van der Waals surface area contributed by atoms with E-state index in [0.29, 0.717) is 12.5 Å². The van der Waals surface area contributed by atoms with Crippen molar-refractivity contribution in [3.8, 4) is 0 Å². The minimum Gasteiger partial charge on any atom is -0.368 e. The first kappa shape index (κ1) is 11.7. The molecule has 1 amide bonds. The van der Waals surface area contributed by atoms with Gasteiger partial charge in [0, 0.05) is 6.54 Å². The molecule has 0 aromatic heterocycles. The number of hydrogen-bond donors (Lipinski definition) is 2. The summed E-state index contributed by atoms with van der Waals surface area (Å²) in [7, 11) is 0. The number of amides is 1. The average molecular weight is 208 g/mol. The van der Waals surface area contributed by atoms with Gasteiger partial charge in [-0.3, -0.25) is 9.63 Å². The molecule has 0 radical (unpaired) electrons. The van der Waals surface area contributed by atoms with Crippen molar-refractivity contribution in [2.24, 2.45) is 5.73 Å². The van der Waals surface area contributed by atoms with Crippen LogP contribution in [0.4, 0.5) is 0 Å². The summed E-state index contributed by atoms with van der Waals surface area (Å²) in [5, 5.41) is 0. The van der Waals surface area contributed by atoms with Crippen molar-refractivity contribution in [3.05, 3.63) is 35.9 Å². The Labute approximate surface area is 89.4 Å². The van der Waals surface area contributed by atoms with E-state index in [-0.39, 0.29) is 6.61 Å². The number of primary amides is 1. The van der Waals surface area contributed by atoms with Crippen LogP contribution in [0.2, 0.25) is 0 Å². The predicted molar refractivity (Wildman–Crippen MR) is 58.0 cm³/mol. The second-order valence-electron chi connectivity index (χ2n) is 3.42. The molecule has 3 N–H and O–H groups in total. The highest BCUT2D eigenvalue weighted by molar-refractivity contribution is 5.74. The Kier molecular flexibility index (Phi) is 4.80. The Morgan fingerprint density at radius 2 is 2.13 bits per heavy atom. The third kappa shape index (κ3) is 4.58. The number of hydrogen-bond acceptors (Lipinski definition) is 3. The van der Waals surface area contributed by atoms with Gasteiger partial charge in [-0.15, -0.1) is 0 Å². The molecule has 15 heavy (non-hydrogen) atoms. The van der Waals surface area contributed by atoms with Crippen LogP contribution >= 0.6 is 0 Å². The first-order valence-corrected chi connectivity index (χ1v) is 4.88. The van der Waals surface area contributed by atoms with E-state index < -0.39 is 5.91 Å². The molecule has 0 heterocycles. The van der Waals surface area contributed by atoms with Crippen LogP contribution in [0, 0.1) is 0 Å². The second kappa shape index (κ2) is 6.16. The summed E-state index contributed by atoms with van der Waals surface area (Å²) in [4.78, 5) is 15.2. The molecule has 1 unspecified atom stereocenters. The molecule has 1 aromatic rings. The van der Waals surface area contributed by atoms with E-state index in [0.717, 1.165) is 0 Å². The third-order valence-corrected chi connectivity index (χ3v) is 2.07. The molecule has 0 aliphatic heterocycles. The zero-order valence-corrected chi connectivity index (χ0v) is 8.77. The maximum Gasteiger partial charge on any atom is 0.245 e. The molecule has 0 fully saturated rings. The molecule has 82 valence electrons. The van der Waals surface area contributed by atoms with Crippen LogP contribution in [-0.2, 0) is 9.63 Å². The number of nitrogens with two attached hydrogens (primary N) is 1. The fourth-order valence-electron chi connectivity index (χ4n) is 1.21. The summed E-state index contributed by atoms with van der Waals surface area (Å²) in [5.41, 5.74) is 8.86. The lowest BCUT2D eigenvalue weighted by molar-refractivity contribution is -0.125. The van der Waals surface area contributed by atoms with Gasteiger partial charge in [0.05, 0.1) is 0 Å². The zero-order chi connectivity index (χ0) is 11.1. The minimum absolute atomic E-state index is 0.0957. The van der Waals surface area contributed by atoms with E-state index >= 15 is 0 Å². The average Bonchev–Trinajstić information content (AvgIpc) is 2.25. The van der Waals surface area contributed by atoms with Crippen molar-refractivity contribution in [1.82, 2.24) is 5.48 Å². The normalized spacial score (nSPS) is 12.3. The largest absolute Gasteiger partial charge is 0.368 e. The smallest absolute Gasteiger partial charge is 0.245 e. The van der Waals surface area contributed by atoms with Gasteiger partial charge in [-0.05, 0) is 11.5 Å². The van der Waals surface area contributed by atoms with Crippen molar-refractivity contribution in [2.45, 2.75) is 12.8 Å². The van der Waals surface area contributed by atoms with Crippen LogP contribution < -0.4 is 11.2 Å². The van der Waals surface area contributed by atoms with E-state index in [1.165, 1.54) is 5.56 Å². The van der Waals surface area contributed by atoms with E-state index in [4.69, 9.17) is 10.6 Å². The SMILES string of the molecule is CC(CNOCC(N)=O)c1ccccc1. The standard InChI is InChI=1S/C11H16N2O2/c1-9(7-13-15-8-11(12)14)10-5-3-2-4-6-10/h2-6,9,13H,7-8H2,1H3,(H2,12,14). The van der Waals surface area contributed by atoms with Gasteiger partial charge in [-0.1, -0.05) is 37.3 Å². The van der Waals surface area contributed by atoms with Crippen LogP contribution in [0.3, 0.4) is 0 Å². The number of carbonyl (C=O) groups excluding carboxylic acids is 1. The van der Waals surface area contributed by atoms with Gasteiger partial charge < -0.3 is 5.73 Å². The Balaban J connectivity index is 2.25. The van der Waals surface area contributed by atoms with E-state index in [1.807, 2.05) is 18.2 Å². The van der Waals surface area contributed by atoms with Crippen LogP contribution in [0.15, 0.2) is 30.3 Å². The number of nitrogens with one attached hydrogen (secondary N) is 1. The fraction of sp³-hybridized carbons (Fsp3) is 0.364. The lowest BCUT2D eigenvalue weighted by atomic mass is 10.0. The molecular weight excluding hydrogens is 192 g/mol. The van der Waals surface area contributed by atoms with Crippen molar-refractivity contribution in [3.63, 3.8) is 0 Å². The Morgan fingerprint density at radius 1 is 1.47 bits per heavy atom. The highest BCUT2D eigenvalue weighted by Crippen LogP contribution is 2.12. The van der Waals surface area contributed by atoms with E-state index in [9.17, 15) is 4.79 Å². The van der Waals surface area contributed by atoms with Gasteiger partial charge in [0.1, 0.15) is 6.61 Å². The lowest BCUT2D eigenvalue weighted by Gasteiger charge is -2.12. The minimum atomic E-state index is -0.477. The second-order valence-corrected chi connectivity index (χ2v) is 3.42. The van der Waals surface area contributed by atoms with E-state index in [2.05, 4.69) is 24.5 Å². The van der Waals surface area contributed by atoms with Crippen LogP contribution in [-0.4, -0.2) is 19.1 Å². The zero-order valence-electron chi connectivity index (χ0n) is 8.77. The monoisotopic (exact) mass is 208 g/mol. The van der Waals surface area contributed by atoms with Crippen molar-refractivity contribution in [1.29, 1.82) is 0 Å². The molecule has 0 aliphatic carbocycles. The highest BCUT2D eigenvalue weighted by Gasteiger charge is 2.04. The summed E-state index contributed by atoms with van der Waals surface area (Å²) in [6.45, 7) is 2.63. The van der Waals surface area contributed by atoms with Crippen LogP contribution in [0.5, 0.6) is 0 Å². The summed E-state index contributed by atoms with van der Waals surface area (Å²) in [6, 6.07) is 10.1. The molecular formula is C11H16N2O2. The van der Waals surface area contributed by atoms with Gasteiger partial charge in [-0.25, -0.2) is 5.48 Å². The molecule has 4 heteroatoms. The van der Waals surface area contributed by atoms with Gasteiger partial charge in [-0.2, -0.15) is 0 Å². The molecule has 0 saturated heterocycles. The molecule has 1 atom stereocenters.